The van der Waals surface area contributed by atoms with Crippen LogP contribution in [0.5, 0.6) is 0 Å². The third-order valence-corrected chi connectivity index (χ3v) is 2.49. The van der Waals surface area contributed by atoms with Crippen molar-refractivity contribution in [3.05, 3.63) is 30.0 Å². The molecule has 0 aliphatic heterocycles. The van der Waals surface area contributed by atoms with E-state index in [0.29, 0.717) is 16.6 Å². The second-order valence-corrected chi connectivity index (χ2v) is 3.96. The lowest BCUT2D eigenvalue weighted by molar-refractivity contribution is -0.140. The van der Waals surface area contributed by atoms with Gasteiger partial charge in [-0.1, -0.05) is 0 Å². The highest BCUT2D eigenvalue weighted by Crippen LogP contribution is 2.31. The van der Waals surface area contributed by atoms with E-state index in [-0.39, 0.29) is 12.5 Å². The smallest absolute Gasteiger partial charge is 0.375 e. The first-order valence-electron chi connectivity index (χ1n) is 5.39. The molecule has 0 radical (unpaired) electrons. The Kier molecular flexibility index (Phi) is 3.48. The van der Waals surface area contributed by atoms with Gasteiger partial charge in [-0.05, 0) is 24.3 Å². The topological polar surface area (TPSA) is 54.1 Å². The molecule has 1 heterocycles. The normalized spacial score (nSPS) is 11.8. The van der Waals surface area contributed by atoms with Gasteiger partial charge < -0.3 is 15.0 Å². The summed E-state index contributed by atoms with van der Waals surface area (Å²) in [7, 11) is 1.38. The van der Waals surface area contributed by atoms with Gasteiger partial charge in [-0.2, -0.15) is 13.2 Å². The first kappa shape index (κ1) is 13.4. The standard InChI is InChI=1S/C12H11F3N2O2/c1-19-6-11(18)16-8-2-3-9-7(4-8)5-10(17-9)12(13,14)15/h2-5,17H,6H2,1H3,(H,16,18). The van der Waals surface area contributed by atoms with Gasteiger partial charge in [0.2, 0.25) is 5.91 Å². The zero-order chi connectivity index (χ0) is 14.0. The number of anilines is 1. The first-order chi connectivity index (χ1) is 8.90. The fourth-order valence-electron chi connectivity index (χ4n) is 1.69. The van der Waals surface area contributed by atoms with Crippen molar-refractivity contribution in [2.24, 2.45) is 0 Å². The number of H-pyrrole nitrogens is 1. The molecule has 102 valence electrons. The van der Waals surface area contributed by atoms with E-state index in [1.807, 2.05) is 0 Å². The Balaban J connectivity index is 2.28. The van der Waals surface area contributed by atoms with Gasteiger partial charge in [-0.25, -0.2) is 0 Å². The summed E-state index contributed by atoms with van der Waals surface area (Å²) in [5.74, 6) is -0.367. The lowest BCUT2D eigenvalue weighted by Gasteiger charge is -2.04. The number of aromatic amines is 1. The molecule has 0 aliphatic carbocycles. The Bertz CT molecular complexity index is 605. The number of carbonyl (C=O) groups excluding carboxylic acids is 1. The van der Waals surface area contributed by atoms with E-state index in [2.05, 4.69) is 15.0 Å². The van der Waals surface area contributed by atoms with Crippen LogP contribution in [0.15, 0.2) is 24.3 Å². The lowest BCUT2D eigenvalue weighted by atomic mass is 10.2. The third-order valence-electron chi connectivity index (χ3n) is 2.49. The van der Waals surface area contributed by atoms with Crippen LogP contribution < -0.4 is 5.32 Å². The molecule has 7 heteroatoms. The van der Waals surface area contributed by atoms with Crippen LogP contribution in [0.25, 0.3) is 10.9 Å². The third kappa shape index (κ3) is 3.05. The molecule has 2 rings (SSSR count). The molecule has 0 aliphatic rings. The van der Waals surface area contributed by atoms with Crippen LogP contribution in [0.4, 0.5) is 18.9 Å². The van der Waals surface area contributed by atoms with Gasteiger partial charge in [-0.3, -0.25) is 4.79 Å². The molecule has 19 heavy (non-hydrogen) atoms. The minimum absolute atomic E-state index is 0.112. The van der Waals surface area contributed by atoms with E-state index in [4.69, 9.17) is 0 Å². The van der Waals surface area contributed by atoms with Gasteiger partial charge in [0.25, 0.3) is 0 Å². The Morgan fingerprint density at radius 2 is 2.11 bits per heavy atom. The molecule has 0 bridgehead atoms. The molecule has 1 amide bonds. The van der Waals surface area contributed by atoms with Crippen LogP contribution >= 0.6 is 0 Å². The zero-order valence-electron chi connectivity index (χ0n) is 9.97. The molecule has 1 aromatic carbocycles. The number of alkyl halides is 3. The number of amides is 1. The molecule has 4 nitrogen and oxygen atoms in total. The number of nitrogens with one attached hydrogen (secondary N) is 2. The number of rotatable bonds is 3. The maximum Gasteiger partial charge on any atom is 0.431 e. The fraction of sp³-hybridized carbons (Fsp3) is 0.250. The van der Waals surface area contributed by atoms with Crippen molar-refractivity contribution in [1.29, 1.82) is 0 Å². The summed E-state index contributed by atoms with van der Waals surface area (Å²) in [6, 6.07) is 5.47. The Morgan fingerprint density at radius 3 is 2.74 bits per heavy atom. The second-order valence-electron chi connectivity index (χ2n) is 3.96. The molecule has 0 saturated heterocycles. The Hall–Kier alpha value is -2.02. The van der Waals surface area contributed by atoms with Crippen LogP contribution in [-0.4, -0.2) is 24.6 Å². The van der Waals surface area contributed by atoms with Crippen molar-refractivity contribution in [3.63, 3.8) is 0 Å². The molecule has 0 saturated carbocycles. The molecule has 0 spiro atoms. The highest BCUT2D eigenvalue weighted by atomic mass is 19.4. The molecule has 2 aromatic rings. The first-order valence-corrected chi connectivity index (χ1v) is 5.39. The number of hydrogen-bond donors (Lipinski definition) is 2. The summed E-state index contributed by atoms with van der Waals surface area (Å²) < 4.78 is 42.2. The average molecular weight is 272 g/mol. The van der Waals surface area contributed by atoms with Crippen LogP contribution in [0.3, 0.4) is 0 Å². The minimum Gasteiger partial charge on any atom is -0.375 e. The van der Waals surface area contributed by atoms with Gasteiger partial charge in [-0.15, -0.1) is 0 Å². The number of aromatic nitrogens is 1. The van der Waals surface area contributed by atoms with Crippen LogP contribution in [0.1, 0.15) is 5.69 Å². The maximum absolute atomic E-state index is 12.5. The van der Waals surface area contributed by atoms with Gasteiger partial charge in [0.15, 0.2) is 0 Å². The fourth-order valence-corrected chi connectivity index (χ4v) is 1.69. The summed E-state index contributed by atoms with van der Waals surface area (Å²) in [6.07, 6.45) is -4.42. The van der Waals surface area contributed by atoms with Gasteiger partial charge in [0.1, 0.15) is 12.3 Å². The van der Waals surface area contributed by atoms with Crippen LogP contribution in [0, 0.1) is 0 Å². The lowest BCUT2D eigenvalue weighted by Crippen LogP contribution is -2.16. The van der Waals surface area contributed by atoms with Crippen molar-refractivity contribution < 1.29 is 22.7 Å². The number of benzene rings is 1. The highest BCUT2D eigenvalue weighted by molar-refractivity contribution is 5.94. The molecule has 0 fully saturated rings. The largest absolute Gasteiger partial charge is 0.431 e. The van der Waals surface area contributed by atoms with E-state index < -0.39 is 11.9 Å². The predicted molar refractivity (Wildman–Crippen MR) is 63.8 cm³/mol. The van der Waals surface area contributed by atoms with Crippen molar-refractivity contribution >= 4 is 22.5 Å². The number of methoxy groups -OCH3 is 1. The average Bonchev–Trinajstić information content (AvgIpc) is 2.71. The molecule has 0 unspecified atom stereocenters. The van der Waals surface area contributed by atoms with Crippen molar-refractivity contribution in [2.75, 3.05) is 19.0 Å². The summed E-state index contributed by atoms with van der Waals surface area (Å²) in [4.78, 5) is 13.6. The number of hydrogen-bond acceptors (Lipinski definition) is 2. The molecular weight excluding hydrogens is 261 g/mol. The molecule has 2 N–H and O–H groups in total. The van der Waals surface area contributed by atoms with E-state index >= 15 is 0 Å². The summed E-state index contributed by atoms with van der Waals surface area (Å²) in [6.45, 7) is -0.112. The molecular formula is C12H11F3N2O2. The number of ether oxygens (including phenoxy) is 1. The number of halogens is 3. The van der Waals surface area contributed by atoms with Crippen molar-refractivity contribution in [1.82, 2.24) is 4.98 Å². The molecule has 0 atom stereocenters. The monoisotopic (exact) mass is 272 g/mol. The number of carbonyl (C=O) groups is 1. The SMILES string of the molecule is COCC(=O)Nc1ccc2[nH]c(C(F)(F)F)cc2c1. The van der Waals surface area contributed by atoms with Crippen LogP contribution in [0.2, 0.25) is 0 Å². The van der Waals surface area contributed by atoms with Crippen molar-refractivity contribution in [3.8, 4) is 0 Å². The minimum atomic E-state index is -4.42. The van der Waals surface area contributed by atoms with Gasteiger partial charge in [0.05, 0.1) is 0 Å². The Labute approximate surface area is 106 Å². The van der Waals surface area contributed by atoms with E-state index in [9.17, 15) is 18.0 Å². The summed E-state index contributed by atoms with van der Waals surface area (Å²) in [5, 5.41) is 2.90. The highest BCUT2D eigenvalue weighted by Gasteiger charge is 2.32. The predicted octanol–water partition coefficient (Wildman–Crippen LogP) is 2.77. The van der Waals surface area contributed by atoms with Gasteiger partial charge >= 0.3 is 6.18 Å². The van der Waals surface area contributed by atoms with Crippen molar-refractivity contribution in [2.45, 2.75) is 6.18 Å². The quantitative estimate of drug-likeness (QED) is 0.902. The summed E-state index contributed by atoms with van der Waals surface area (Å²) >= 11 is 0. The zero-order valence-corrected chi connectivity index (χ0v) is 9.97. The Morgan fingerprint density at radius 1 is 1.37 bits per heavy atom. The second kappa shape index (κ2) is 4.93. The number of fused-ring (bicyclic) bond motifs is 1. The maximum atomic E-state index is 12.5. The van der Waals surface area contributed by atoms with Crippen LogP contribution in [-0.2, 0) is 15.7 Å². The van der Waals surface area contributed by atoms with E-state index in [1.54, 1.807) is 0 Å². The molecule has 1 aromatic heterocycles. The van der Waals surface area contributed by atoms with E-state index in [1.165, 1.54) is 25.3 Å². The van der Waals surface area contributed by atoms with Gasteiger partial charge in [0, 0.05) is 23.7 Å². The summed E-state index contributed by atoms with van der Waals surface area (Å²) in [5.41, 5.74) is -0.0396. The van der Waals surface area contributed by atoms with E-state index in [0.717, 1.165) is 6.07 Å².